The predicted octanol–water partition coefficient (Wildman–Crippen LogP) is 1.64. The highest BCUT2D eigenvalue weighted by Gasteiger charge is 2.10. The molecule has 8 heteroatoms. The van der Waals surface area contributed by atoms with Crippen LogP contribution >= 0.6 is 0 Å². The van der Waals surface area contributed by atoms with Crippen LogP contribution in [-0.2, 0) is 4.79 Å². The first-order chi connectivity index (χ1) is 10.6. The minimum atomic E-state index is -0.704. The van der Waals surface area contributed by atoms with Crippen LogP contribution in [0.1, 0.15) is 16.1 Å². The summed E-state index contributed by atoms with van der Waals surface area (Å²) in [5.41, 5.74) is 1.63. The van der Waals surface area contributed by atoms with Gasteiger partial charge in [0.05, 0.1) is 11.9 Å². The van der Waals surface area contributed by atoms with E-state index < -0.39 is 11.9 Å². The zero-order chi connectivity index (χ0) is 16.1. The second-order valence-electron chi connectivity index (χ2n) is 4.22. The van der Waals surface area contributed by atoms with Crippen molar-refractivity contribution in [1.82, 2.24) is 19.6 Å². The van der Waals surface area contributed by atoms with Crippen molar-refractivity contribution in [1.29, 1.82) is 0 Å². The normalized spacial score (nSPS) is 9.91. The monoisotopic (exact) mass is 301 g/mol. The minimum absolute atomic E-state index is 0.179. The Morgan fingerprint density at radius 1 is 1.32 bits per heavy atom. The fourth-order valence-corrected chi connectivity index (χ4v) is 1.77. The first-order valence-corrected chi connectivity index (χ1v) is 6.16. The highest BCUT2D eigenvalue weighted by atomic mass is 19.1. The maximum absolute atomic E-state index is 13.0. The van der Waals surface area contributed by atoms with Crippen molar-refractivity contribution in [2.45, 2.75) is 6.92 Å². The summed E-state index contributed by atoms with van der Waals surface area (Å²) in [5, 5.41) is 6.81. The number of imidazole rings is 1. The summed E-state index contributed by atoms with van der Waals surface area (Å²) in [4.78, 5) is 27.5. The third-order valence-corrected chi connectivity index (χ3v) is 2.68. The van der Waals surface area contributed by atoms with Gasteiger partial charge in [0.2, 0.25) is 5.95 Å². The Morgan fingerprint density at radius 3 is 2.82 bits per heavy atom. The van der Waals surface area contributed by atoms with Crippen molar-refractivity contribution in [2.24, 2.45) is 0 Å². The Bertz CT molecular complexity index is 818. The Kier molecular flexibility index (Phi) is 4.52. The molecule has 3 aromatic rings. The Balaban J connectivity index is 0.000000847. The van der Waals surface area contributed by atoms with Crippen LogP contribution < -0.4 is 5.32 Å². The van der Waals surface area contributed by atoms with Gasteiger partial charge in [-0.2, -0.15) is 9.49 Å². The first-order valence-electron chi connectivity index (χ1n) is 6.16. The Hall–Kier alpha value is -3.16. The molecule has 3 heterocycles. The van der Waals surface area contributed by atoms with Gasteiger partial charge in [-0.25, -0.2) is 14.5 Å². The molecule has 0 radical (unpaired) electrons. The molecule has 0 unspecified atom stereocenters. The van der Waals surface area contributed by atoms with Crippen LogP contribution in [0.15, 0.2) is 36.7 Å². The highest BCUT2D eigenvalue weighted by molar-refractivity contribution is 6.03. The number of nitrogens with zero attached hydrogens (tertiary/aromatic N) is 4. The summed E-state index contributed by atoms with van der Waals surface area (Å²) in [7, 11) is 0. The van der Waals surface area contributed by atoms with Crippen LogP contribution in [0, 0.1) is 12.9 Å². The van der Waals surface area contributed by atoms with E-state index in [1.165, 1.54) is 12.3 Å². The number of halogens is 1. The van der Waals surface area contributed by atoms with Gasteiger partial charge >= 0.3 is 0 Å². The van der Waals surface area contributed by atoms with E-state index in [-0.39, 0.29) is 5.56 Å². The largest absolute Gasteiger partial charge is 0.307 e. The third-order valence-electron chi connectivity index (χ3n) is 2.68. The lowest BCUT2D eigenvalue weighted by molar-refractivity contribution is -0.0980. The molecular weight excluding hydrogens is 289 g/mol. The SMILES string of the molecule is C=O.Cc1ccc2nc(NC(=O)c3ccnc(F)c3)cn2n1. The maximum Gasteiger partial charge on any atom is 0.257 e. The van der Waals surface area contributed by atoms with Gasteiger partial charge in [0.15, 0.2) is 11.5 Å². The summed E-state index contributed by atoms with van der Waals surface area (Å²) >= 11 is 0. The molecule has 0 aromatic carbocycles. The van der Waals surface area contributed by atoms with Gasteiger partial charge in [-0.3, -0.25) is 4.79 Å². The Labute approximate surface area is 124 Å². The van der Waals surface area contributed by atoms with Crippen molar-refractivity contribution in [2.75, 3.05) is 5.32 Å². The molecule has 0 saturated carbocycles. The van der Waals surface area contributed by atoms with Crippen LogP contribution in [0.3, 0.4) is 0 Å². The van der Waals surface area contributed by atoms with Crippen LogP contribution in [0.4, 0.5) is 10.2 Å². The van der Waals surface area contributed by atoms with Crippen LogP contribution in [0.2, 0.25) is 0 Å². The smallest absolute Gasteiger partial charge is 0.257 e. The topological polar surface area (TPSA) is 89.2 Å². The molecule has 0 spiro atoms. The van der Waals surface area contributed by atoms with E-state index in [0.29, 0.717) is 11.5 Å². The molecule has 0 aliphatic rings. The molecule has 3 aromatic heterocycles. The zero-order valence-corrected chi connectivity index (χ0v) is 11.7. The van der Waals surface area contributed by atoms with Crippen LogP contribution in [0.5, 0.6) is 0 Å². The predicted molar refractivity (Wildman–Crippen MR) is 77.0 cm³/mol. The van der Waals surface area contributed by atoms with Crippen LogP contribution in [0.25, 0.3) is 5.65 Å². The molecule has 3 rings (SSSR count). The second-order valence-corrected chi connectivity index (χ2v) is 4.22. The van der Waals surface area contributed by atoms with Gasteiger partial charge in [-0.15, -0.1) is 0 Å². The van der Waals surface area contributed by atoms with E-state index in [4.69, 9.17) is 4.79 Å². The number of hydrogen-bond acceptors (Lipinski definition) is 5. The van der Waals surface area contributed by atoms with Gasteiger partial charge in [0, 0.05) is 17.8 Å². The lowest BCUT2D eigenvalue weighted by atomic mass is 10.2. The minimum Gasteiger partial charge on any atom is -0.307 e. The number of aromatic nitrogens is 4. The summed E-state index contributed by atoms with van der Waals surface area (Å²) in [6.07, 6.45) is 2.83. The van der Waals surface area contributed by atoms with Gasteiger partial charge < -0.3 is 10.1 Å². The molecule has 112 valence electrons. The van der Waals surface area contributed by atoms with E-state index in [1.807, 2.05) is 19.8 Å². The summed E-state index contributed by atoms with van der Waals surface area (Å²) < 4.78 is 14.5. The molecular formula is C14H12FN5O2. The van der Waals surface area contributed by atoms with E-state index in [2.05, 4.69) is 20.4 Å². The molecule has 0 saturated heterocycles. The van der Waals surface area contributed by atoms with Gasteiger partial charge in [0.25, 0.3) is 5.91 Å². The molecule has 1 amide bonds. The number of anilines is 1. The Morgan fingerprint density at radius 2 is 2.09 bits per heavy atom. The molecule has 22 heavy (non-hydrogen) atoms. The lowest BCUT2D eigenvalue weighted by Crippen LogP contribution is -2.12. The number of carbonyl (C=O) groups excluding carboxylic acids is 2. The fraction of sp³-hybridized carbons (Fsp3) is 0.0714. The van der Waals surface area contributed by atoms with Gasteiger partial charge in [-0.05, 0) is 25.1 Å². The molecule has 0 fully saturated rings. The van der Waals surface area contributed by atoms with E-state index in [0.717, 1.165) is 11.8 Å². The van der Waals surface area contributed by atoms with Crippen LogP contribution in [-0.4, -0.2) is 32.3 Å². The standard InChI is InChI=1S/C13H10FN5O.CH2O/c1-8-2-3-12-16-11(7-19(12)18-8)17-13(20)9-4-5-15-10(14)6-9;1-2/h2-7H,1H3,(H,17,20);1H2. The van der Waals surface area contributed by atoms with Crippen molar-refractivity contribution in [3.8, 4) is 0 Å². The van der Waals surface area contributed by atoms with Crippen molar-refractivity contribution in [3.63, 3.8) is 0 Å². The number of fused-ring (bicyclic) bond motifs is 1. The molecule has 0 atom stereocenters. The lowest BCUT2D eigenvalue weighted by Gasteiger charge is -2.00. The van der Waals surface area contributed by atoms with Gasteiger partial charge in [-0.1, -0.05) is 0 Å². The van der Waals surface area contributed by atoms with E-state index >= 15 is 0 Å². The quantitative estimate of drug-likeness (QED) is 0.727. The maximum atomic E-state index is 13.0. The van der Waals surface area contributed by atoms with Crippen molar-refractivity contribution < 1.29 is 14.0 Å². The molecule has 0 aliphatic heterocycles. The summed E-state index contributed by atoms with van der Waals surface area (Å²) in [6.45, 7) is 3.86. The highest BCUT2D eigenvalue weighted by Crippen LogP contribution is 2.10. The van der Waals surface area contributed by atoms with Crippen molar-refractivity contribution >= 4 is 24.2 Å². The molecule has 0 bridgehead atoms. The third kappa shape index (κ3) is 3.29. The van der Waals surface area contributed by atoms with E-state index in [9.17, 15) is 9.18 Å². The zero-order valence-electron chi connectivity index (χ0n) is 11.7. The van der Waals surface area contributed by atoms with Crippen molar-refractivity contribution in [3.05, 3.63) is 53.9 Å². The second kappa shape index (κ2) is 6.53. The number of pyridine rings is 1. The fourth-order valence-electron chi connectivity index (χ4n) is 1.77. The number of nitrogens with one attached hydrogen (secondary N) is 1. The summed E-state index contributed by atoms with van der Waals surface area (Å²) in [5.74, 6) is -0.804. The average molecular weight is 301 g/mol. The average Bonchev–Trinajstić information content (AvgIpc) is 2.90. The number of aryl methyl sites for hydroxylation is 1. The first kappa shape index (κ1) is 15.2. The molecule has 1 N–H and O–H groups in total. The number of rotatable bonds is 2. The molecule has 7 nitrogen and oxygen atoms in total. The van der Waals surface area contributed by atoms with E-state index in [1.54, 1.807) is 16.8 Å². The molecule has 0 aliphatic carbocycles. The van der Waals surface area contributed by atoms with Gasteiger partial charge in [0.1, 0.15) is 6.79 Å². The summed E-state index contributed by atoms with van der Waals surface area (Å²) in [6, 6.07) is 6.11. The number of carbonyl (C=O) groups is 2. The number of amides is 1. The number of hydrogen-bond donors (Lipinski definition) is 1.